The summed E-state index contributed by atoms with van der Waals surface area (Å²) in [5.41, 5.74) is 7.37. The van der Waals surface area contributed by atoms with Crippen LogP contribution in [-0.2, 0) is 20.9 Å². The second kappa shape index (κ2) is 8.42. The van der Waals surface area contributed by atoms with Crippen LogP contribution in [0.5, 0.6) is 0 Å². The molecule has 3 N–H and O–H groups in total. The molecule has 2 heterocycles. The van der Waals surface area contributed by atoms with Crippen molar-refractivity contribution in [2.24, 2.45) is 5.73 Å². The van der Waals surface area contributed by atoms with Crippen molar-refractivity contribution in [3.05, 3.63) is 29.8 Å². The number of carbonyl (C=O) groups is 2. The quantitative estimate of drug-likeness (QED) is 0.779. The Kier molecular flexibility index (Phi) is 6.01. The van der Waals surface area contributed by atoms with Crippen molar-refractivity contribution in [1.29, 1.82) is 0 Å². The van der Waals surface area contributed by atoms with E-state index in [-0.39, 0.29) is 24.4 Å². The minimum absolute atomic E-state index is 0.117. The van der Waals surface area contributed by atoms with E-state index in [0.29, 0.717) is 0 Å². The maximum absolute atomic E-state index is 12.2. The Morgan fingerprint density at radius 2 is 1.88 bits per heavy atom. The van der Waals surface area contributed by atoms with Gasteiger partial charge in [-0.3, -0.25) is 19.4 Å². The fourth-order valence-corrected chi connectivity index (χ4v) is 3.43. The van der Waals surface area contributed by atoms with Gasteiger partial charge in [-0.25, -0.2) is 0 Å². The number of ether oxygens (including phenoxy) is 1. The van der Waals surface area contributed by atoms with E-state index in [1.807, 2.05) is 29.2 Å². The number of primary amides is 1. The number of nitrogens with zero attached hydrogens (tertiary/aromatic N) is 2. The van der Waals surface area contributed by atoms with Crippen LogP contribution in [0.4, 0.5) is 5.69 Å². The number of benzene rings is 1. The number of morpholine rings is 1. The smallest absolute Gasteiger partial charge is 0.238 e. The van der Waals surface area contributed by atoms with Crippen LogP contribution in [0.15, 0.2) is 24.3 Å². The number of nitrogens with two attached hydrogens (primary N) is 1. The Bertz CT molecular complexity index is 599. The maximum atomic E-state index is 12.2. The molecule has 7 nitrogen and oxygen atoms in total. The van der Waals surface area contributed by atoms with Crippen LogP contribution in [0.2, 0.25) is 0 Å². The monoisotopic (exact) mass is 346 g/mol. The third-order valence-electron chi connectivity index (χ3n) is 4.79. The molecule has 136 valence electrons. The number of carbonyl (C=O) groups excluding carboxylic acids is 2. The van der Waals surface area contributed by atoms with E-state index in [2.05, 4.69) is 10.2 Å². The van der Waals surface area contributed by atoms with Gasteiger partial charge in [-0.1, -0.05) is 12.1 Å². The van der Waals surface area contributed by atoms with Crippen LogP contribution in [0, 0.1) is 0 Å². The molecule has 0 aromatic heterocycles. The summed E-state index contributed by atoms with van der Waals surface area (Å²) in [6, 6.07) is 7.59. The van der Waals surface area contributed by atoms with Gasteiger partial charge in [0.2, 0.25) is 11.8 Å². The third kappa shape index (κ3) is 5.01. The van der Waals surface area contributed by atoms with Gasteiger partial charge in [-0.05, 0) is 37.1 Å². The molecule has 25 heavy (non-hydrogen) atoms. The lowest BCUT2D eigenvalue weighted by atomic mass is 10.2. The number of rotatable bonds is 6. The molecule has 2 amide bonds. The average Bonchev–Trinajstić information content (AvgIpc) is 3.06. The summed E-state index contributed by atoms with van der Waals surface area (Å²) < 4.78 is 5.36. The van der Waals surface area contributed by atoms with Crippen molar-refractivity contribution < 1.29 is 14.3 Å². The highest BCUT2D eigenvalue weighted by atomic mass is 16.5. The SMILES string of the molecule is NC(=O)[C@@H]1CCCN1CC(=O)Nc1ccc(CN2CCOCC2)cc1. The summed E-state index contributed by atoms with van der Waals surface area (Å²) in [6.45, 7) is 5.31. The van der Waals surface area contributed by atoms with Gasteiger partial charge < -0.3 is 15.8 Å². The lowest BCUT2D eigenvalue weighted by Crippen LogP contribution is -2.43. The topological polar surface area (TPSA) is 87.9 Å². The Balaban J connectivity index is 1.49. The van der Waals surface area contributed by atoms with Crippen LogP contribution < -0.4 is 11.1 Å². The van der Waals surface area contributed by atoms with Crippen molar-refractivity contribution in [3.8, 4) is 0 Å². The Hall–Kier alpha value is -1.96. The fraction of sp³-hybridized carbons (Fsp3) is 0.556. The molecule has 2 aliphatic heterocycles. The maximum Gasteiger partial charge on any atom is 0.238 e. The van der Waals surface area contributed by atoms with Crippen molar-refractivity contribution in [1.82, 2.24) is 9.80 Å². The molecule has 0 radical (unpaired) electrons. The summed E-state index contributed by atoms with van der Waals surface area (Å²) in [5, 5.41) is 2.89. The second-order valence-corrected chi connectivity index (χ2v) is 6.66. The summed E-state index contributed by atoms with van der Waals surface area (Å²) in [4.78, 5) is 27.8. The molecule has 2 saturated heterocycles. The third-order valence-corrected chi connectivity index (χ3v) is 4.79. The van der Waals surface area contributed by atoms with Crippen molar-refractivity contribution >= 4 is 17.5 Å². The van der Waals surface area contributed by atoms with Gasteiger partial charge >= 0.3 is 0 Å². The lowest BCUT2D eigenvalue weighted by molar-refractivity contribution is -0.123. The minimum atomic E-state index is -0.349. The molecular weight excluding hydrogens is 320 g/mol. The highest BCUT2D eigenvalue weighted by Gasteiger charge is 2.30. The van der Waals surface area contributed by atoms with E-state index in [1.165, 1.54) is 5.56 Å². The summed E-state index contributed by atoms with van der Waals surface area (Å²) in [5.74, 6) is -0.466. The van der Waals surface area contributed by atoms with Crippen LogP contribution in [0.3, 0.4) is 0 Å². The summed E-state index contributed by atoms with van der Waals surface area (Å²) in [6.07, 6.45) is 1.63. The lowest BCUT2D eigenvalue weighted by Gasteiger charge is -2.26. The number of nitrogens with one attached hydrogen (secondary N) is 1. The molecule has 2 fully saturated rings. The van der Waals surface area contributed by atoms with E-state index in [0.717, 1.165) is 57.9 Å². The number of amides is 2. The van der Waals surface area contributed by atoms with E-state index in [9.17, 15) is 9.59 Å². The number of likely N-dealkylation sites (tertiary alicyclic amines) is 1. The zero-order valence-corrected chi connectivity index (χ0v) is 14.4. The van der Waals surface area contributed by atoms with Crippen molar-refractivity contribution in [3.63, 3.8) is 0 Å². The summed E-state index contributed by atoms with van der Waals surface area (Å²) in [7, 11) is 0. The van der Waals surface area contributed by atoms with Gasteiger partial charge in [0, 0.05) is 25.3 Å². The van der Waals surface area contributed by atoms with Crippen LogP contribution in [0.1, 0.15) is 18.4 Å². The first-order valence-corrected chi connectivity index (χ1v) is 8.84. The molecule has 3 rings (SSSR count). The normalized spacial score (nSPS) is 22.0. The van der Waals surface area contributed by atoms with Gasteiger partial charge in [0.15, 0.2) is 0 Å². The zero-order valence-electron chi connectivity index (χ0n) is 14.4. The minimum Gasteiger partial charge on any atom is -0.379 e. The molecule has 2 aliphatic rings. The van der Waals surface area contributed by atoms with Crippen LogP contribution >= 0.6 is 0 Å². The van der Waals surface area contributed by atoms with Gasteiger partial charge in [0.1, 0.15) is 0 Å². The average molecular weight is 346 g/mol. The predicted molar refractivity (Wildman–Crippen MR) is 95.0 cm³/mol. The van der Waals surface area contributed by atoms with E-state index >= 15 is 0 Å². The molecular formula is C18H26N4O3. The Labute approximate surface area is 148 Å². The Morgan fingerprint density at radius 3 is 2.56 bits per heavy atom. The van der Waals surface area contributed by atoms with E-state index in [1.54, 1.807) is 0 Å². The summed E-state index contributed by atoms with van der Waals surface area (Å²) >= 11 is 0. The Morgan fingerprint density at radius 1 is 1.16 bits per heavy atom. The molecule has 1 aromatic rings. The molecule has 0 bridgehead atoms. The standard InChI is InChI=1S/C18H26N4O3/c19-18(24)16-2-1-7-22(16)13-17(23)20-15-5-3-14(4-6-15)12-21-8-10-25-11-9-21/h3-6,16H,1-2,7-13H2,(H2,19,24)(H,20,23)/t16-/m0/s1. The van der Waals surface area contributed by atoms with Crippen LogP contribution in [0.25, 0.3) is 0 Å². The molecule has 1 aromatic carbocycles. The van der Waals surface area contributed by atoms with Crippen molar-refractivity contribution in [2.45, 2.75) is 25.4 Å². The van der Waals surface area contributed by atoms with Crippen molar-refractivity contribution in [2.75, 3.05) is 44.7 Å². The number of anilines is 1. The van der Waals surface area contributed by atoms with Gasteiger partial charge in [-0.2, -0.15) is 0 Å². The first-order chi connectivity index (χ1) is 12.1. The molecule has 7 heteroatoms. The molecule has 0 saturated carbocycles. The highest BCUT2D eigenvalue weighted by molar-refractivity contribution is 5.92. The van der Waals surface area contributed by atoms with Crippen LogP contribution in [-0.4, -0.2) is 67.0 Å². The number of hydrogen-bond acceptors (Lipinski definition) is 5. The first-order valence-electron chi connectivity index (χ1n) is 8.84. The van der Waals surface area contributed by atoms with Gasteiger partial charge in [0.05, 0.1) is 25.8 Å². The molecule has 0 spiro atoms. The molecule has 0 unspecified atom stereocenters. The highest BCUT2D eigenvalue weighted by Crippen LogP contribution is 2.17. The first kappa shape index (κ1) is 17.8. The molecule has 0 aliphatic carbocycles. The largest absolute Gasteiger partial charge is 0.379 e. The van der Waals surface area contributed by atoms with Gasteiger partial charge in [-0.15, -0.1) is 0 Å². The van der Waals surface area contributed by atoms with Gasteiger partial charge in [0.25, 0.3) is 0 Å². The second-order valence-electron chi connectivity index (χ2n) is 6.66. The molecule has 1 atom stereocenters. The number of hydrogen-bond donors (Lipinski definition) is 2. The van der Waals surface area contributed by atoms with E-state index < -0.39 is 0 Å². The zero-order chi connectivity index (χ0) is 17.6. The van der Waals surface area contributed by atoms with E-state index in [4.69, 9.17) is 10.5 Å². The predicted octanol–water partition coefficient (Wildman–Crippen LogP) is 0.407. The fourth-order valence-electron chi connectivity index (χ4n) is 3.43.